The third kappa shape index (κ3) is 2.88. The number of rotatable bonds is 3. The Labute approximate surface area is 128 Å². The molecule has 1 fully saturated rings. The van der Waals surface area contributed by atoms with Gasteiger partial charge in [0.15, 0.2) is 5.82 Å². The van der Waals surface area contributed by atoms with E-state index in [1.165, 1.54) is 0 Å². The average Bonchev–Trinajstić information content (AvgIpc) is 3.15. The topological polar surface area (TPSA) is 85.3 Å². The molecule has 3 rings (SSSR count). The van der Waals surface area contributed by atoms with Gasteiger partial charge in [0, 0.05) is 25.1 Å². The maximum Gasteiger partial charge on any atom is 0.292 e. The number of hydrogen-bond acceptors (Lipinski definition) is 6. The van der Waals surface area contributed by atoms with Gasteiger partial charge in [0.2, 0.25) is 11.7 Å². The van der Waals surface area contributed by atoms with Crippen molar-refractivity contribution in [1.82, 2.24) is 20.2 Å². The predicted octanol–water partition coefficient (Wildman–Crippen LogP) is 2.51. The highest BCUT2D eigenvalue weighted by molar-refractivity contribution is 5.91. The number of carbonyl (C=O) groups excluding carboxylic acids is 1. The molecule has 1 saturated heterocycles. The summed E-state index contributed by atoms with van der Waals surface area (Å²) < 4.78 is 10.4. The molecule has 22 heavy (non-hydrogen) atoms. The standard InChI is InChI=1S/C15H20N4O3/c1-9(2)13-16-14(22-18-13)11-5-4-6-19(8-11)15(20)12-7-10(3)17-21-12/h7,9,11H,4-6,8H2,1-3H3/t11-/m1/s1. The van der Waals surface area contributed by atoms with Crippen molar-refractivity contribution in [2.75, 3.05) is 13.1 Å². The Kier molecular flexibility index (Phi) is 3.96. The quantitative estimate of drug-likeness (QED) is 0.866. The Morgan fingerprint density at radius 2 is 2.18 bits per heavy atom. The molecular formula is C15H20N4O3. The Balaban J connectivity index is 1.72. The molecule has 7 nitrogen and oxygen atoms in total. The van der Waals surface area contributed by atoms with E-state index < -0.39 is 0 Å². The monoisotopic (exact) mass is 304 g/mol. The Hall–Kier alpha value is -2.18. The maximum atomic E-state index is 12.4. The molecule has 0 aromatic carbocycles. The van der Waals surface area contributed by atoms with Gasteiger partial charge >= 0.3 is 0 Å². The number of amides is 1. The number of carbonyl (C=O) groups is 1. The van der Waals surface area contributed by atoms with Gasteiger partial charge in [-0.15, -0.1) is 0 Å². The van der Waals surface area contributed by atoms with Crippen LogP contribution in [0.2, 0.25) is 0 Å². The first-order valence-corrected chi connectivity index (χ1v) is 7.60. The van der Waals surface area contributed by atoms with Gasteiger partial charge in [-0.1, -0.05) is 24.2 Å². The van der Waals surface area contributed by atoms with Gasteiger partial charge in [-0.05, 0) is 19.8 Å². The first-order valence-electron chi connectivity index (χ1n) is 7.60. The largest absolute Gasteiger partial charge is 0.351 e. The van der Waals surface area contributed by atoms with E-state index in [-0.39, 0.29) is 23.5 Å². The number of aryl methyl sites for hydroxylation is 1. The molecule has 0 radical (unpaired) electrons. The summed E-state index contributed by atoms with van der Waals surface area (Å²) in [6.45, 7) is 7.12. The van der Waals surface area contributed by atoms with E-state index in [0.717, 1.165) is 12.8 Å². The summed E-state index contributed by atoms with van der Waals surface area (Å²) in [6.07, 6.45) is 1.85. The lowest BCUT2D eigenvalue weighted by molar-refractivity contribution is 0.0654. The molecule has 1 aliphatic heterocycles. The van der Waals surface area contributed by atoms with Crippen LogP contribution in [-0.2, 0) is 0 Å². The van der Waals surface area contributed by atoms with Crippen molar-refractivity contribution in [3.63, 3.8) is 0 Å². The molecule has 1 atom stereocenters. The van der Waals surface area contributed by atoms with Crippen LogP contribution in [0.1, 0.15) is 66.5 Å². The SMILES string of the molecule is Cc1cc(C(=O)N2CCC[C@@H](c3nc(C(C)C)no3)C2)on1. The fourth-order valence-electron chi connectivity index (χ4n) is 2.63. The van der Waals surface area contributed by atoms with Crippen LogP contribution >= 0.6 is 0 Å². The molecule has 0 unspecified atom stereocenters. The first kappa shape index (κ1) is 14.7. The predicted molar refractivity (Wildman–Crippen MR) is 77.5 cm³/mol. The second kappa shape index (κ2) is 5.90. The lowest BCUT2D eigenvalue weighted by Gasteiger charge is -2.30. The summed E-state index contributed by atoms with van der Waals surface area (Å²) in [4.78, 5) is 18.7. The highest BCUT2D eigenvalue weighted by Crippen LogP contribution is 2.27. The Morgan fingerprint density at radius 3 is 2.82 bits per heavy atom. The molecule has 0 spiro atoms. The molecule has 2 aromatic heterocycles. The highest BCUT2D eigenvalue weighted by Gasteiger charge is 2.30. The normalized spacial score (nSPS) is 18.9. The minimum absolute atomic E-state index is 0.0849. The third-order valence-electron chi connectivity index (χ3n) is 3.87. The van der Waals surface area contributed by atoms with Gasteiger partial charge in [0.1, 0.15) is 0 Å². The molecule has 3 heterocycles. The minimum Gasteiger partial charge on any atom is -0.351 e. The van der Waals surface area contributed by atoms with Gasteiger partial charge in [-0.2, -0.15) is 4.98 Å². The molecular weight excluding hydrogens is 284 g/mol. The van der Waals surface area contributed by atoms with Crippen molar-refractivity contribution >= 4 is 5.91 Å². The van der Waals surface area contributed by atoms with Crippen LogP contribution in [0, 0.1) is 6.92 Å². The number of piperidine rings is 1. The van der Waals surface area contributed by atoms with Crippen LogP contribution in [0.5, 0.6) is 0 Å². The van der Waals surface area contributed by atoms with E-state index in [4.69, 9.17) is 9.05 Å². The zero-order chi connectivity index (χ0) is 15.7. The van der Waals surface area contributed by atoms with Crippen molar-refractivity contribution < 1.29 is 13.8 Å². The molecule has 2 aromatic rings. The van der Waals surface area contributed by atoms with Crippen molar-refractivity contribution in [2.45, 2.75) is 45.4 Å². The van der Waals surface area contributed by atoms with Gasteiger partial charge in [0.25, 0.3) is 5.91 Å². The van der Waals surface area contributed by atoms with Gasteiger partial charge in [-0.3, -0.25) is 4.79 Å². The van der Waals surface area contributed by atoms with E-state index in [2.05, 4.69) is 15.3 Å². The van der Waals surface area contributed by atoms with E-state index in [0.29, 0.717) is 30.5 Å². The molecule has 1 aliphatic rings. The van der Waals surface area contributed by atoms with Crippen molar-refractivity contribution in [1.29, 1.82) is 0 Å². The molecule has 1 amide bonds. The fraction of sp³-hybridized carbons (Fsp3) is 0.600. The van der Waals surface area contributed by atoms with Crippen LogP contribution in [0.3, 0.4) is 0 Å². The summed E-state index contributed by atoms with van der Waals surface area (Å²) in [7, 11) is 0. The van der Waals surface area contributed by atoms with Crippen LogP contribution in [-0.4, -0.2) is 39.2 Å². The zero-order valence-corrected chi connectivity index (χ0v) is 13.1. The Morgan fingerprint density at radius 1 is 1.36 bits per heavy atom. The summed E-state index contributed by atoms with van der Waals surface area (Å²) >= 11 is 0. The van der Waals surface area contributed by atoms with Crippen LogP contribution in [0.15, 0.2) is 15.1 Å². The fourth-order valence-corrected chi connectivity index (χ4v) is 2.63. The van der Waals surface area contributed by atoms with E-state index in [1.807, 2.05) is 13.8 Å². The first-order chi connectivity index (χ1) is 10.5. The second-order valence-corrected chi connectivity index (χ2v) is 6.07. The van der Waals surface area contributed by atoms with Crippen LogP contribution in [0.25, 0.3) is 0 Å². The second-order valence-electron chi connectivity index (χ2n) is 6.07. The van der Waals surface area contributed by atoms with Crippen molar-refractivity contribution in [3.05, 3.63) is 29.2 Å². The summed E-state index contributed by atoms with van der Waals surface area (Å²) in [6, 6.07) is 1.66. The number of likely N-dealkylation sites (tertiary alicyclic amines) is 1. The van der Waals surface area contributed by atoms with Crippen LogP contribution < -0.4 is 0 Å². The molecule has 118 valence electrons. The Bertz CT molecular complexity index is 661. The average molecular weight is 304 g/mol. The van der Waals surface area contributed by atoms with E-state index in [1.54, 1.807) is 17.9 Å². The molecule has 0 bridgehead atoms. The number of aromatic nitrogens is 3. The van der Waals surface area contributed by atoms with Gasteiger partial charge < -0.3 is 13.9 Å². The van der Waals surface area contributed by atoms with Crippen molar-refractivity contribution in [3.8, 4) is 0 Å². The lowest BCUT2D eigenvalue weighted by atomic mass is 9.97. The molecule has 7 heteroatoms. The summed E-state index contributed by atoms with van der Waals surface area (Å²) in [5.74, 6) is 1.80. The molecule has 0 saturated carbocycles. The van der Waals surface area contributed by atoms with Crippen molar-refractivity contribution in [2.24, 2.45) is 0 Å². The van der Waals surface area contributed by atoms with Gasteiger partial charge in [-0.25, -0.2) is 0 Å². The minimum atomic E-state index is -0.131. The maximum absolute atomic E-state index is 12.4. The zero-order valence-electron chi connectivity index (χ0n) is 13.1. The summed E-state index contributed by atoms with van der Waals surface area (Å²) in [5, 5.41) is 7.77. The van der Waals surface area contributed by atoms with Gasteiger partial charge in [0.05, 0.1) is 11.6 Å². The third-order valence-corrected chi connectivity index (χ3v) is 3.87. The van der Waals surface area contributed by atoms with E-state index in [9.17, 15) is 4.79 Å². The number of hydrogen-bond donors (Lipinski definition) is 0. The highest BCUT2D eigenvalue weighted by atomic mass is 16.5. The lowest BCUT2D eigenvalue weighted by Crippen LogP contribution is -2.39. The van der Waals surface area contributed by atoms with Crippen LogP contribution in [0.4, 0.5) is 0 Å². The molecule has 0 N–H and O–H groups in total. The number of nitrogens with zero attached hydrogens (tertiary/aromatic N) is 4. The summed E-state index contributed by atoms with van der Waals surface area (Å²) in [5.41, 5.74) is 0.704. The molecule has 0 aliphatic carbocycles. The van der Waals surface area contributed by atoms with E-state index >= 15 is 0 Å². The smallest absolute Gasteiger partial charge is 0.292 e.